The fraction of sp³-hybridized carbons (Fsp3) is 0.500. The second-order valence-electron chi connectivity index (χ2n) is 5.64. The summed E-state index contributed by atoms with van der Waals surface area (Å²) in [4.78, 5) is 0. The van der Waals surface area contributed by atoms with E-state index in [1.165, 1.54) is 23.1 Å². The molecule has 0 amide bonds. The van der Waals surface area contributed by atoms with Gasteiger partial charge in [-0.15, -0.1) is 0 Å². The molecule has 0 spiro atoms. The molecule has 0 aromatic heterocycles. The van der Waals surface area contributed by atoms with Gasteiger partial charge in [-0.3, -0.25) is 0 Å². The van der Waals surface area contributed by atoms with Gasteiger partial charge in [-0.25, -0.2) is 0 Å². The van der Waals surface area contributed by atoms with Crippen LogP contribution in [0, 0.1) is 5.41 Å². The van der Waals surface area contributed by atoms with E-state index in [-0.39, 0.29) is 17.1 Å². The monoisotopic (exact) mass is 318 g/mol. The summed E-state index contributed by atoms with van der Waals surface area (Å²) >= 11 is 0.216. The van der Waals surface area contributed by atoms with Crippen LogP contribution < -0.4 is 0 Å². The second-order valence-corrected chi connectivity index (χ2v) is 7.52. The van der Waals surface area contributed by atoms with Gasteiger partial charge in [0.2, 0.25) is 0 Å². The summed E-state index contributed by atoms with van der Waals surface area (Å²) in [6, 6.07) is 0. The number of rotatable bonds is 3. The predicted octanol–water partition coefficient (Wildman–Crippen LogP) is 5.20. The Hall–Kier alpha value is -0.417. The summed E-state index contributed by atoms with van der Waals surface area (Å²) in [5.41, 5.74) is 4.64. The SMILES string of the molecule is CC(C)=CC(C)=[CH][Ru][C]1=C(C)C=CCC1(C)C. The van der Waals surface area contributed by atoms with Gasteiger partial charge in [0.15, 0.2) is 0 Å². The number of hydrogen-bond donors (Lipinski definition) is 0. The van der Waals surface area contributed by atoms with Crippen LogP contribution >= 0.6 is 0 Å². The third kappa shape index (κ3) is 4.39. The van der Waals surface area contributed by atoms with Crippen LogP contribution in [0.4, 0.5) is 0 Å². The van der Waals surface area contributed by atoms with Gasteiger partial charge < -0.3 is 0 Å². The van der Waals surface area contributed by atoms with Gasteiger partial charge in [0.1, 0.15) is 0 Å². The average Bonchev–Trinajstić information content (AvgIpc) is 2.14. The zero-order chi connectivity index (χ0) is 13.1. The Morgan fingerprint density at radius 1 is 1.29 bits per heavy atom. The standard InChI is InChI=1S/C9H13.C7H11.Ru/c1-8-5-4-6-9(2,3)7-8;1-6(2)5-7(3)4;/h4-5H,6H2,1-3H3;1,5H,2-4H3;. The molecular formula is C16H24Ru. The molecule has 0 unspecified atom stereocenters. The first-order valence-electron chi connectivity index (χ1n) is 6.13. The van der Waals surface area contributed by atoms with Crippen molar-refractivity contribution < 1.29 is 17.1 Å². The van der Waals surface area contributed by atoms with Crippen molar-refractivity contribution in [3.05, 3.63) is 43.8 Å². The van der Waals surface area contributed by atoms with Crippen molar-refractivity contribution in [2.75, 3.05) is 0 Å². The molecule has 0 nitrogen and oxygen atoms in total. The van der Waals surface area contributed by atoms with E-state index in [9.17, 15) is 0 Å². The van der Waals surface area contributed by atoms with Crippen molar-refractivity contribution >= 4 is 0 Å². The number of hydrogen-bond acceptors (Lipinski definition) is 0. The molecule has 0 aromatic rings. The van der Waals surface area contributed by atoms with E-state index in [2.05, 4.69) is 64.4 Å². The van der Waals surface area contributed by atoms with Gasteiger partial charge in [-0.1, -0.05) is 0 Å². The van der Waals surface area contributed by atoms with Gasteiger partial charge in [0.05, 0.1) is 0 Å². The van der Waals surface area contributed by atoms with Crippen molar-refractivity contribution in [3.8, 4) is 0 Å². The summed E-state index contributed by atoms with van der Waals surface area (Å²) in [6.07, 6.45) is 8.06. The zero-order valence-electron chi connectivity index (χ0n) is 11.9. The Morgan fingerprint density at radius 3 is 2.47 bits per heavy atom. The summed E-state index contributed by atoms with van der Waals surface area (Å²) in [6.45, 7) is 13.5. The first-order chi connectivity index (χ1) is 7.83. The molecule has 0 aliphatic heterocycles. The zero-order valence-corrected chi connectivity index (χ0v) is 13.6. The molecule has 0 saturated carbocycles. The molecule has 96 valence electrons. The molecule has 0 atom stereocenters. The first-order valence-corrected chi connectivity index (χ1v) is 8.00. The van der Waals surface area contributed by atoms with Crippen LogP contribution in [0.5, 0.6) is 0 Å². The summed E-state index contributed by atoms with van der Waals surface area (Å²) in [7, 11) is 0. The molecular weight excluding hydrogens is 293 g/mol. The van der Waals surface area contributed by atoms with Crippen LogP contribution in [-0.2, 0) is 17.1 Å². The molecule has 1 rings (SSSR count). The average molecular weight is 317 g/mol. The molecule has 0 heterocycles. The van der Waals surface area contributed by atoms with E-state index < -0.39 is 0 Å². The quantitative estimate of drug-likeness (QED) is 0.496. The van der Waals surface area contributed by atoms with Crippen molar-refractivity contribution in [2.45, 2.75) is 48.0 Å². The third-order valence-corrected chi connectivity index (χ3v) is 6.15. The molecule has 17 heavy (non-hydrogen) atoms. The summed E-state index contributed by atoms with van der Waals surface area (Å²) in [5.74, 6) is 0. The topological polar surface area (TPSA) is 0 Å². The first kappa shape index (κ1) is 14.6. The van der Waals surface area contributed by atoms with E-state index in [4.69, 9.17) is 0 Å². The third-order valence-electron chi connectivity index (χ3n) is 2.74. The van der Waals surface area contributed by atoms with Crippen LogP contribution in [0.1, 0.15) is 48.0 Å². The van der Waals surface area contributed by atoms with Gasteiger partial charge in [-0.05, 0) is 0 Å². The molecule has 0 fully saturated rings. The van der Waals surface area contributed by atoms with E-state index in [0.717, 1.165) is 0 Å². The van der Waals surface area contributed by atoms with Crippen molar-refractivity contribution in [1.82, 2.24) is 0 Å². The molecule has 1 heteroatoms. The molecule has 0 bridgehead atoms. The van der Waals surface area contributed by atoms with Gasteiger partial charge in [0.25, 0.3) is 0 Å². The number of allylic oxidation sites excluding steroid dienone is 7. The van der Waals surface area contributed by atoms with E-state index in [0.29, 0.717) is 5.41 Å². The molecule has 0 radical (unpaired) electrons. The van der Waals surface area contributed by atoms with Gasteiger partial charge in [0, 0.05) is 0 Å². The van der Waals surface area contributed by atoms with E-state index in [1.54, 1.807) is 4.17 Å². The van der Waals surface area contributed by atoms with E-state index >= 15 is 0 Å². The van der Waals surface area contributed by atoms with Crippen LogP contribution in [0.25, 0.3) is 0 Å². The Kier molecular flexibility index (Phi) is 5.13. The molecule has 0 aromatic carbocycles. The normalized spacial score (nSPS) is 19.8. The van der Waals surface area contributed by atoms with Crippen LogP contribution in [0.15, 0.2) is 43.8 Å². The van der Waals surface area contributed by atoms with Gasteiger partial charge in [-0.2, -0.15) is 0 Å². The van der Waals surface area contributed by atoms with Crippen LogP contribution in [0.2, 0.25) is 0 Å². The van der Waals surface area contributed by atoms with Gasteiger partial charge >= 0.3 is 114 Å². The van der Waals surface area contributed by atoms with Crippen LogP contribution in [-0.4, -0.2) is 0 Å². The fourth-order valence-electron chi connectivity index (χ4n) is 2.06. The molecule has 1 aliphatic rings. The molecule has 0 N–H and O–H groups in total. The summed E-state index contributed by atoms with van der Waals surface area (Å²) < 4.78 is 4.12. The molecule has 1 aliphatic carbocycles. The minimum absolute atomic E-state index is 0.216. The maximum absolute atomic E-state index is 2.44. The van der Waals surface area contributed by atoms with Crippen LogP contribution in [0.3, 0.4) is 0 Å². The Morgan fingerprint density at radius 2 is 1.94 bits per heavy atom. The minimum atomic E-state index is 0.216. The Bertz CT molecular complexity index is 399. The maximum atomic E-state index is 2.44. The fourth-order valence-corrected chi connectivity index (χ4v) is 4.25. The predicted molar refractivity (Wildman–Crippen MR) is 73.4 cm³/mol. The summed E-state index contributed by atoms with van der Waals surface area (Å²) in [5, 5.41) is 0. The van der Waals surface area contributed by atoms with Crippen molar-refractivity contribution in [2.24, 2.45) is 5.41 Å². The Balaban J connectivity index is 2.87. The van der Waals surface area contributed by atoms with E-state index in [1.807, 2.05) is 0 Å². The second kappa shape index (κ2) is 5.96. The molecule has 0 saturated heterocycles. The van der Waals surface area contributed by atoms with Crippen molar-refractivity contribution in [3.63, 3.8) is 0 Å². The Labute approximate surface area is 114 Å². The van der Waals surface area contributed by atoms with Crippen molar-refractivity contribution in [1.29, 1.82) is 0 Å².